The van der Waals surface area contributed by atoms with Gasteiger partial charge >= 0.3 is 0 Å². The van der Waals surface area contributed by atoms with Crippen molar-refractivity contribution >= 4 is 17.5 Å². The second-order valence-electron chi connectivity index (χ2n) is 7.15. The summed E-state index contributed by atoms with van der Waals surface area (Å²) in [5.41, 5.74) is 6.43. The molecule has 1 aromatic carbocycles. The Morgan fingerprint density at radius 2 is 2.00 bits per heavy atom. The molecular formula is C21H26N4O2. The summed E-state index contributed by atoms with van der Waals surface area (Å²) in [4.78, 5) is 25.1. The minimum Gasteiger partial charge on any atom is -0.369 e. The predicted molar refractivity (Wildman–Crippen MR) is 105 cm³/mol. The van der Waals surface area contributed by atoms with Gasteiger partial charge in [-0.2, -0.15) is 5.26 Å². The van der Waals surface area contributed by atoms with Crippen molar-refractivity contribution < 1.29 is 9.59 Å². The van der Waals surface area contributed by atoms with Gasteiger partial charge in [-0.05, 0) is 37.0 Å². The average Bonchev–Trinajstić information content (AvgIpc) is 2.65. The van der Waals surface area contributed by atoms with Crippen molar-refractivity contribution in [3.8, 4) is 6.07 Å². The molecule has 0 bridgehead atoms. The number of nitriles is 1. The second-order valence-corrected chi connectivity index (χ2v) is 7.15. The first-order valence-electron chi connectivity index (χ1n) is 9.05. The normalized spacial score (nSPS) is 19.7. The number of carbonyl (C=O) groups excluding carboxylic acids is 2. The van der Waals surface area contributed by atoms with Crippen LogP contribution in [0.5, 0.6) is 0 Å². The molecule has 6 nitrogen and oxygen atoms in total. The van der Waals surface area contributed by atoms with Crippen molar-refractivity contribution in [2.24, 2.45) is 23.0 Å². The van der Waals surface area contributed by atoms with Gasteiger partial charge in [-0.25, -0.2) is 0 Å². The summed E-state index contributed by atoms with van der Waals surface area (Å²) in [7, 11) is 0. The Labute approximate surface area is 160 Å². The third-order valence-electron chi connectivity index (χ3n) is 4.73. The maximum Gasteiger partial charge on any atom is 0.228 e. The van der Waals surface area contributed by atoms with Gasteiger partial charge in [0.05, 0.1) is 17.4 Å². The van der Waals surface area contributed by atoms with Crippen molar-refractivity contribution in [3.63, 3.8) is 0 Å². The van der Waals surface area contributed by atoms with Gasteiger partial charge in [-0.3, -0.25) is 9.59 Å². The van der Waals surface area contributed by atoms with E-state index in [-0.39, 0.29) is 18.4 Å². The van der Waals surface area contributed by atoms with Crippen LogP contribution in [0.15, 0.2) is 54.3 Å². The van der Waals surface area contributed by atoms with Crippen LogP contribution in [0.2, 0.25) is 0 Å². The van der Waals surface area contributed by atoms with Crippen LogP contribution in [0.25, 0.3) is 0 Å². The van der Waals surface area contributed by atoms with Crippen molar-refractivity contribution in [1.29, 1.82) is 5.26 Å². The SMILES string of the molecule is CC(C)C[C@H](C(=O)NCC#N)C1(C(N)=O)C=CC(Nc2ccccc2)=CC1. The van der Waals surface area contributed by atoms with Crippen LogP contribution < -0.4 is 16.4 Å². The largest absolute Gasteiger partial charge is 0.369 e. The number of carbonyl (C=O) groups is 2. The molecule has 0 saturated carbocycles. The fourth-order valence-corrected chi connectivity index (χ4v) is 3.32. The molecule has 2 amide bonds. The van der Waals surface area contributed by atoms with Crippen LogP contribution >= 0.6 is 0 Å². The molecular weight excluding hydrogens is 340 g/mol. The number of benzene rings is 1. The van der Waals surface area contributed by atoms with E-state index in [2.05, 4.69) is 10.6 Å². The molecule has 0 spiro atoms. The first-order valence-corrected chi connectivity index (χ1v) is 9.05. The second kappa shape index (κ2) is 9.04. The van der Waals surface area contributed by atoms with E-state index in [1.165, 1.54) is 0 Å². The fourth-order valence-electron chi connectivity index (χ4n) is 3.32. The van der Waals surface area contributed by atoms with Crippen LogP contribution in [0.4, 0.5) is 5.69 Å². The van der Waals surface area contributed by atoms with Crippen LogP contribution in [0, 0.1) is 28.6 Å². The highest BCUT2D eigenvalue weighted by molar-refractivity contribution is 5.92. The lowest BCUT2D eigenvalue weighted by Gasteiger charge is -2.37. The average molecular weight is 366 g/mol. The number of anilines is 1. The molecule has 27 heavy (non-hydrogen) atoms. The highest BCUT2D eigenvalue weighted by Crippen LogP contribution is 2.41. The van der Waals surface area contributed by atoms with Gasteiger partial charge in [-0.1, -0.05) is 44.2 Å². The minimum atomic E-state index is -1.11. The zero-order chi connectivity index (χ0) is 19.9. The molecule has 0 aliphatic heterocycles. The molecule has 1 aliphatic rings. The van der Waals surface area contributed by atoms with E-state index in [1.807, 2.05) is 56.3 Å². The van der Waals surface area contributed by atoms with Crippen LogP contribution in [-0.2, 0) is 9.59 Å². The van der Waals surface area contributed by atoms with E-state index in [0.29, 0.717) is 12.8 Å². The van der Waals surface area contributed by atoms with E-state index in [0.717, 1.165) is 11.4 Å². The summed E-state index contributed by atoms with van der Waals surface area (Å²) in [6.45, 7) is 3.89. The molecule has 142 valence electrons. The molecule has 0 heterocycles. The molecule has 0 radical (unpaired) electrons. The van der Waals surface area contributed by atoms with Gasteiger partial charge in [0.15, 0.2) is 0 Å². The Balaban J connectivity index is 2.26. The Morgan fingerprint density at radius 1 is 1.30 bits per heavy atom. The number of nitrogens with one attached hydrogen (secondary N) is 2. The first kappa shape index (κ1) is 20.2. The van der Waals surface area contributed by atoms with Crippen molar-refractivity contribution in [2.75, 3.05) is 11.9 Å². The lowest BCUT2D eigenvalue weighted by atomic mass is 9.67. The van der Waals surface area contributed by atoms with Crippen LogP contribution in [0.3, 0.4) is 0 Å². The molecule has 6 heteroatoms. The Hall–Kier alpha value is -3.07. The molecule has 0 aromatic heterocycles. The van der Waals surface area contributed by atoms with Gasteiger partial charge < -0.3 is 16.4 Å². The Morgan fingerprint density at radius 3 is 2.52 bits per heavy atom. The number of allylic oxidation sites excluding steroid dienone is 2. The number of para-hydroxylation sites is 1. The number of nitrogens with two attached hydrogens (primary N) is 1. The van der Waals surface area contributed by atoms with E-state index in [9.17, 15) is 9.59 Å². The zero-order valence-electron chi connectivity index (χ0n) is 15.7. The topological polar surface area (TPSA) is 108 Å². The number of rotatable bonds is 8. The number of amides is 2. The van der Waals surface area contributed by atoms with Crippen molar-refractivity contribution in [1.82, 2.24) is 5.32 Å². The van der Waals surface area contributed by atoms with Crippen LogP contribution in [-0.4, -0.2) is 18.4 Å². The summed E-state index contributed by atoms with van der Waals surface area (Å²) in [6, 6.07) is 11.6. The molecule has 2 atom stereocenters. The Kier molecular flexibility index (Phi) is 6.78. The molecule has 1 aromatic rings. The first-order chi connectivity index (χ1) is 12.9. The van der Waals surface area contributed by atoms with Gasteiger partial charge in [0.25, 0.3) is 0 Å². The fraction of sp³-hybridized carbons (Fsp3) is 0.381. The highest BCUT2D eigenvalue weighted by atomic mass is 16.2. The van der Waals surface area contributed by atoms with E-state index >= 15 is 0 Å². The molecule has 0 saturated heterocycles. The predicted octanol–water partition coefficient (Wildman–Crippen LogP) is 2.72. The smallest absolute Gasteiger partial charge is 0.228 e. The summed E-state index contributed by atoms with van der Waals surface area (Å²) in [5.74, 6) is -1.29. The summed E-state index contributed by atoms with van der Waals surface area (Å²) in [6.07, 6.45) is 6.25. The quantitative estimate of drug-likeness (QED) is 0.615. The maximum absolute atomic E-state index is 12.7. The number of nitrogens with zero attached hydrogens (tertiary/aromatic N) is 1. The monoisotopic (exact) mass is 366 g/mol. The van der Waals surface area contributed by atoms with Crippen molar-refractivity contribution in [2.45, 2.75) is 26.7 Å². The van der Waals surface area contributed by atoms with Gasteiger partial charge in [-0.15, -0.1) is 0 Å². The summed E-state index contributed by atoms with van der Waals surface area (Å²) < 4.78 is 0. The minimum absolute atomic E-state index is 0.0946. The van der Waals surface area contributed by atoms with E-state index < -0.39 is 17.2 Å². The summed E-state index contributed by atoms with van der Waals surface area (Å²) in [5, 5.41) is 14.6. The lowest BCUT2D eigenvalue weighted by Crippen LogP contribution is -2.49. The zero-order valence-corrected chi connectivity index (χ0v) is 15.7. The molecule has 4 N–H and O–H groups in total. The standard InChI is InChI=1S/C21H26N4O2/c1-15(2)14-18(19(26)24-13-12-22)21(20(23)27)10-8-17(9-11-21)25-16-6-4-3-5-7-16/h3-10,15,18,25H,11,13-14H2,1-2H3,(H2,23,27)(H,24,26)/t18-,21?/m1/s1. The third-order valence-corrected chi connectivity index (χ3v) is 4.73. The van der Waals surface area contributed by atoms with Crippen LogP contribution in [0.1, 0.15) is 26.7 Å². The molecule has 2 rings (SSSR count). The van der Waals surface area contributed by atoms with E-state index in [4.69, 9.17) is 11.0 Å². The maximum atomic E-state index is 12.7. The number of hydrogen-bond donors (Lipinski definition) is 3. The van der Waals surface area contributed by atoms with Gasteiger partial charge in [0, 0.05) is 11.4 Å². The van der Waals surface area contributed by atoms with E-state index in [1.54, 1.807) is 12.2 Å². The molecule has 0 fully saturated rings. The highest BCUT2D eigenvalue weighted by Gasteiger charge is 2.46. The van der Waals surface area contributed by atoms with Gasteiger partial charge in [0.1, 0.15) is 6.54 Å². The molecule has 1 unspecified atom stereocenters. The summed E-state index contributed by atoms with van der Waals surface area (Å²) >= 11 is 0. The lowest BCUT2D eigenvalue weighted by molar-refractivity contribution is -0.138. The number of primary amides is 1. The van der Waals surface area contributed by atoms with Crippen molar-refractivity contribution in [3.05, 3.63) is 54.3 Å². The third kappa shape index (κ3) is 4.98. The number of hydrogen-bond acceptors (Lipinski definition) is 4. The molecule has 1 aliphatic carbocycles. The Bertz CT molecular complexity index is 777. The van der Waals surface area contributed by atoms with Gasteiger partial charge in [0.2, 0.25) is 11.8 Å².